The minimum absolute atomic E-state index is 0.0188. The van der Waals surface area contributed by atoms with E-state index >= 15 is 4.39 Å². The van der Waals surface area contributed by atoms with Gasteiger partial charge in [0.1, 0.15) is 6.33 Å². The fourth-order valence-corrected chi connectivity index (χ4v) is 5.15. The number of nitrogens with one attached hydrogen (secondary N) is 1. The molecule has 1 unspecified atom stereocenters. The Kier molecular flexibility index (Phi) is 6.44. The Morgan fingerprint density at radius 2 is 1.76 bits per heavy atom. The van der Waals surface area contributed by atoms with E-state index in [4.69, 9.17) is 4.74 Å². The lowest BCUT2D eigenvalue weighted by molar-refractivity contribution is 0.0933. The molecule has 2 heterocycles. The van der Waals surface area contributed by atoms with Gasteiger partial charge in [-0.1, -0.05) is 48.5 Å². The van der Waals surface area contributed by atoms with Crippen LogP contribution in [0.5, 0.6) is 0 Å². The van der Waals surface area contributed by atoms with Gasteiger partial charge in [0.05, 0.1) is 30.8 Å². The maximum absolute atomic E-state index is 15.9. The molecular weight excluding hydrogens is 457 g/mol. The van der Waals surface area contributed by atoms with Crippen LogP contribution in [0, 0.1) is 5.82 Å². The van der Waals surface area contributed by atoms with Gasteiger partial charge in [0.25, 0.3) is 0 Å². The lowest BCUT2D eigenvalue weighted by Crippen LogP contribution is -2.42. The van der Waals surface area contributed by atoms with Gasteiger partial charge >= 0.3 is 0 Å². The molecule has 0 spiro atoms. The number of halogens is 1. The van der Waals surface area contributed by atoms with Gasteiger partial charge in [0.15, 0.2) is 11.6 Å². The van der Waals surface area contributed by atoms with Crippen LogP contribution in [-0.4, -0.2) is 50.9 Å². The first-order valence-electron chi connectivity index (χ1n) is 11.3. The second kappa shape index (κ2) is 9.65. The maximum Gasteiger partial charge on any atom is 0.242 e. The molecule has 1 aliphatic heterocycles. The quantitative estimate of drug-likeness (QED) is 0.493. The number of sulfonamides is 1. The molecule has 1 aromatic heterocycles. The summed E-state index contributed by atoms with van der Waals surface area (Å²) < 4.78 is 49.6. The van der Waals surface area contributed by atoms with Crippen LogP contribution in [0.15, 0.2) is 71.9 Å². The molecule has 10 heteroatoms. The number of ether oxygens (including phenoxy) is 1. The summed E-state index contributed by atoms with van der Waals surface area (Å²) in [6, 6.07) is 17.8. The Morgan fingerprint density at radius 1 is 1.06 bits per heavy atom. The van der Waals surface area contributed by atoms with E-state index in [9.17, 15) is 8.42 Å². The lowest BCUT2D eigenvalue weighted by atomic mass is 10.0. The second-order valence-electron chi connectivity index (χ2n) is 8.35. The normalized spacial score (nSPS) is 18.6. The standard InChI is InChI=1S/C24H26FN5O3S/c25-22-23(29-13-14-33-15-21(29)18-7-3-1-4-8-18)26-16-27-24(22)30(19-11-12-19)17-28-34(31,32)20-9-5-2-6-10-20/h1-10,16,19,21,28H,11-15,17H2. The molecule has 1 aliphatic carbocycles. The average Bonchev–Trinajstić information content (AvgIpc) is 3.72. The maximum atomic E-state index is 15.9. The van der Waals surface area contributed by atoms with Crippen LogP contribution in [0.2, 0.25) is 0 Å². The van der Waals surface area contributed by atoms with E-state index in [0.29, 0.717) is 19.8 Å². The smallest absolute Gasteiger partial charge is 0.242 e. The van der Waals surface area contributed by atoms with Crippen molar-refractivity contribution in [1.29, 1.82) is 0 Å². The Morgan fingerprint density at radius 3 is 2.47 bits per heavy atom. The fourth-order valence-electron chi connectivity index (χ4n) is 4.16. The van der Waals surface area contributed by atoms with Gasteiger partial charge in [-0.2, -0.15) is 9.11 Å². The number of anilines is 2. The van der Waals surface area contributed by atoms with Gasteiger partial charge in [-0.25, -0.2) is 18.4 Å². The third kappa shape index (κ3) is 4.75. The largest absolute Gasteiger partial charge is 0.377 e. The number of rotatable bonds is 8. The van der Waals surface area contributed by atoms with E-state index < -0.39 is 15.8 Å². The number of aromatic nitrogens is 2. The highest BCUT2D eigenvalue weighted by Crippen LogP contribution is 2.36. The van der Waals surface area contributed by atoms with Crippen molar-refractivity contribution in [3.8, 4) is 0 Å². The SMILES string of the molecule is O=S(=O)(NCN(c1ncnc(N2CCOCC2c2ccccc2)c1F)C1CC1)c1ccccc1. The molecule has 2 aliphatic rings. The Hall–Kier alpha value is -3.08. The molecular formula is C24H26FN5O3S. The van der Waals surface area contributed by atoms with E-state index in [1.807, 2.05) is 35.2 Å². The van der Waals surface area contributed by atoms with E-state index in [2.05, 4.69) is 14.7 Å². The molecule has 0 bridgehead atoms. The summed E-state index contributed by atoms with van der Waals surface area (Å²) in [6.07, 6.45) is 3.03. The van der Waals surface area contributed by atoms with Crippen molar-refractivity contribution in [1.82, 2.24) is 14.7 Å². The molecule has 2 aromatic carbocycles. The third-order valence-corrected chi connectivity index (χ3v) is 7.48. The Balaban J connectivity index is 1.42. The molecule has 0 amide bonds. The van der Waals surface area contributed by atoms with Crippen molar-refractivity contribution < 1.29 is 17.5 Å². The van der Waals surface area contributed by atoms with Crippen molar-refractivity contribution >= 4 is 21.7 Å². The predicted molar refractivity (Wildman–Crippen MR) is 126 cm³/mol. The molecule has 178 valence electrons. The number of hydrogen-bond donors (Lipinski definition) is 1. The predicted octanol–water partition coefficient (Wildman–Crippen LogP) is 3.10. The first kappa shape index (κ1) is 22.7. The van der Waals surface area contributed by atoms with Crippen molar-refractivity contribution in [2.24, 2.45) is 0 Å². The monoisotopic (exact) mass is 483 g/mol. The summed E-state index contributed by atoms with van der Waals surface area (Å²) in [5, 5.41) is 0. The number of nitrogens with zero attached hydrogens (tertiary/aromatic N) is 4. The first-order valence-corrected chi connectivity index (χ1v) is 12.7. The van der Waals surface area contributed by atoms with Crippen molar-refractivity contribution in [3.63, 3.8) is 0 Å². The Bertz CT molecular complexity index is 1230. The zero-order chi connectivity index (χ0) is 23.5. The lowest BCUT2D eigenvalue weighted by Gasteiger charge is -2.37. The second-order valence-corrected chi connectivity index (χ2v) is 10.1. The van der Waals surface area contributed by atoms with Crippen LogP contribution < -0.4 is 14.5 Å². The van der Waals surface area contributed by atoms with Crippen LogP contribution in [0.4, 0.5) is 16.0 Å². The van der Waals surface area contributed by atoms with Gasteiger partial charge in [-0.05, 0) is 30.5 Å². The summed E-state index contributed by atoms with van der Waals surface area (Å²) in [5.74, 6) is -0.267. The molecule has 1 atom stereocenters. The van der Waals surface area contributed by atoms with Crippen molar-refractivity contribution in [2.45, 2.75) is 29.8 Å². The van der Waals surface area contributed by atoms with E-state index in [1.165, 1.54) is 18.5 Å². The van der Waals surface area contributed by atoms with Crippen LogP contribution in [-0.2, 0) is 14.8 Å². The minimum atomic E-state index is -3.74. The summed E-state index contributed by atoms with van der Waals surface area (Å²) >= 11 is 0. The zero-order valence-electron chi connectivity index (χ0n) is 18.5. The van der Waals surface area contributed by atoms with Gasteiger partial charge in [0.2, 0.25) is 15.8 Å². The van der Waals surface area contributed by atoms with E-state index in [0.717, 1.165) is 18.4 Å². The number of hydrogen-bond acceptors (Lipinski definition) is 7. The summed E-state index contributed by atoms with van der Waals surface area (Å²) in [7, 11) is -3.74. The number of benzene rings is 2. The van der Waals surface area contributed by atoms with Gasteiger partial charge < -0.3 is 14.5 Å². The Labute approximate surface area is 198 Å². The molecule has 5 rings (SSSR count). The molecule has 1 N–H and O–H groups in total. The van der Waals surface area contributed by atoms with Crippen molar-refractivity contribution in [2.75, 3.05) is 36.2 Å². The summed E-state index contributed by atoms with van der Waals surface area (Å²) in [4.78, 5) is 12.2. The minimum Gasteiger partial charge on any atom is -0.377 e. The highest BCUT2D eigenvalue weighted by Gasteiger charge is 2.35. The molecule has 1 saturated carbocycles. The fraction of sp³-hybridized carbons (Fsp3) is 0.333. The highest BCUT2D eigenvalue weighted by atomic mass is 32.2. The van der Waals surface area contributed by atoms with Crippen LogP contribution in [0.25, 0.3) is 0 Å². The summed E-state index contributed by atoms with van der Waals surface area (Å²) in [6.45, 7) is 1.29. The van der Waals surface area contributed by atoms with E-state index in [-0.39, 0.29) is 35.3 Å². The third-order valence-electron chi connectivity index (χ3n) is 6.08. The number of morpholine rings is 1. The average molecular weight is 484 g/mol. The molecule has 0 radical (unpaired) electrons. The zero-order valence-corrected chi connectivity index (χ0v) is 19.4. The molecule has 34 heavy (non-hydrogen) atoms. The molecule has 1 saturated heterocycles. The molecule has 3 aromatic rings. The first-order chi connectivity index (χ1) is 16.5. The van der Waals surface area contributed by atoms with E-state index in [1.54, 1.807) is 23.1 Å². The molecule has 2 fully saturated rings. The van der Waals surface area contributed by atoms with Gasteiger partial charge in [-0.15, -0.1) is 0 Å². The van der Waals surface area contributed by atoms with Crippen LogP contribution in [0.1, 0.15) is 24.4 Å². The molecule has 8 nitrogen and oxygen atoms in total. The van der Waals surface area contributed by atoms with Gasteiger partial charge in [0, 0.05) is 12.6 Å². The van der Waals surface area contributed by atoms with Crippen LogP contribution >= 0.6 is 0 Å². The topological polar surface area (TPSA) is 87.7 Å². The van der Waals surface area contributed by atoms with Crippen LogP contribution in [0.3, 0.4) is 0 Å². The summed E-state index contributed by atoms with van der Waals surface area (Å²) in [5.41, 5.74) is 1.01. The van der Waals surface area contributed by atoms with Crippen molar-refractivity contribution in [3.05, 3.63) is 78.4 Å². The van der Waals surface area contributed by atoms with Gasteiger partial charge in [-0.3, -0.25) is 0 Å². The highest BCUT2D eigenvalue weighted by molar-refractivity contribution is 7.89.